The second-order valence-corrected chi connectivity index (χ2v) is 5.61. The zero-order valence-corrected chi connectivity index (χ0v) is 11.9. The molecule has 0 bridgehead atoms. The summed E-state index contributed by atoms with van der Waals surface area (Å²) in [6.45, 7) is 2.20. The van der Waals surface area contributed by atoms with Gasteiger partial charge < -0.3 is 0 Å². The van der Waals surface area contributed by atoms with Gasteiger partial charge in [-0.25, -0.2) is 4.39 Å². The van der Waals surface area contributed by atoms with Crippen LogP contribution in [0.25, 0.3) is 0 Å². The van der Waals surface area contributed by atoms with Gasteiger partial charge in [0.1, 0.15) is 5.82 Å². The van der Waals surface area contributed by atoms with Crippen LogP contribution in [0.4, 0.5) is 4.39 Å². The van der Waals surface area contributed by atoms with E-state index in [0.717, 1.165) is 6.42 Å². The first-order valence-electron chi connectivity index (χ1n) is 6.10. The van der Waals surface area contributed by atoms with Crippen molar-refractivity contribution >= 4 is 15.9 Å². The van der Waals surface area contributed by atoms with Crippen LogP contribution in [0.2, 0.25) is 0 Å². The zero-order chi connectivity index (χ0) is 13.0. The maximum absolute atomic E-state index is 12.8. The SMILES string of the molecule is CC(Cc1ccc(F)cc1)C(Br)c1ccccc1. The third-order valence-corrected chi connectivity index (χ3v) is 4.52. The summed E-state index contributed by atoms with van der Waals surface area (Å²) in [4.78, 5) is 0.323. The molecule has 0 fully saturated rings. The molecule has 0 aliphatic carbocycles. The Morgan fingerprint density at radius 3 is 2.22 bits per heavy atom. The van der Waals surface area contributed by atoms with Crippen molar-refractivity contribution < 1.29 is 4.39 Å². The molecule has 2 aromatic rings. The summed E-state index contributed by atoms with van der Waals surface area (Å²) in [7, 11) is 0. The molecule has 0 aromatic heterocycles. The van der Waals surface area contributed by atoms with Gasteiger partial charge in [0.25, 0.3) is 0 Å². The molecular formula is C16H16BrF. The Morgan fingerprint density at radius 1 is 1.00 bits per heavy atom. The number of alkyl halides is 1. The first-order chi connectivity index (χ1) is 8.66. The van der Waals surface area contributed by atoms with E-state index >= 15 is 0 Å². The summed E-state index contributed by atoms with van der Waals surface area (Å²) in [5, 5.41) is 0. The summed E-state index contributed by atoms with van der Waals surface area (Å²) >= 11 is 3.75. The molecule has 0 spiro atoms. The van der Waals surface area contributed by atoms with Crippen LogP contribution in [0.5, 0.6) is 0 Å². The highest BCUT2D eigenvalue weighted by molar-refractivity contribution is 9.09. The van der Waals surface area contributed by atoms with Crippen LogP contribution < -0.4 is 0 Å². The molecule has 0 heterocycles. The minimum Gasteiger partial charge on any atom is -0.207 e. The van der Waals surface area contributed by atoms with Crippen LogP contribution in [-0.2, 0) is 6.42 Å². The van der Waals surface area contributed by atoms with E-state index in [4.69, 9.17) is 0 Å². The average Bonchev–Trinajstić information content (AvgIpc) is 2.41. The first kappa shape index (κ1) is 13.3. The molecule has 0 aliphatic heterocycles. The van der Waals surface area contributed by atoms with Crippen molar-refractivity contribution in [2.24, 2.45) is 5.92 Å². The fourth-order valence-corrected chi connectivity index (χ4v) is 2.55. The molecule has 2 unspecified atom stereocenters. The summed E-state index contributed by atoms with van der Waals surface area (Å²) in [5.74, 6) is 0.280. The lowest BCUT2D eigenvalue weighted by Gasteiger charge is -2.18. The Morgan fingerprint density at radius 2 is 1.61 bits per heavy atom. The van der Waals surface area contributed by atoms with Gasteiger partial charge in [-0.3, -0.25) is 0 Å². The molecule has 0 amide bonds. The van der Waals surface area contributed by atoms with Crippen molar-refractivity contribution in [3.63, 3.8) is 0 Å². The molecule has 0 N–H and O–H groups in total. The predicted octanol–water partition coefficient (Wildman–Crippen LogP) is 5.14. The van der Waals surface area contributed by atoms with Gasteiger partial charge in [0.2, 0.25) is 0 Å². The van der Waals surface area contributed by atoms with E-state index in [0.29, 0.717) is 10.7 Å². The Labute approximate surface area is 116 Å². The lowest BCUT2D eigenvalue weighted by atomic mass is 9.94. The van der Waals surface area contributed by atoms with E-state index in [1.165, 1.54) is 23.3 Å². The second-order valence-electron chi connectivity index (χ2n) is 4.62. The van der Waals surface area contributed by atoms with Crippen molar-refractivity contribution in [1.29, 1.82) is 0 Å². The third-order valence-electron chi connectivity index (χ3n) is 3.09. The van der Waals surface area contributed by atoms with Gasteiger partial charge in [0, 0.05) is 4.83 Å². The number of hydrogen-bond acceptors (Lipinski definition) is 0. The normalized spacial score (nSPS) is 14.2. The maximum Gasteiger partial charge on any atom is 0.123 e. The van der Waals surface area contributed by atoms with Gasteiger partial charge in [-0.05, 0) is 35.6 Å². The minimum absolute atomic E-state index is 0.176. The molecule has 2 aromatic carbocycles. The molecule has 2 heteroatoms. The van der Waals surface area contributed by atoms with Crippen LogP contribution in [0.15, 0.2) is 54.6 Å². The van der Waals surface area contributed by atoms with Gasteiger partial charge in [-0.1, -0.05) is 65.3 Å². The highest BCUT2D eigenvalue weighted by Gasteiger charge is 2.16. The van der Waals surface area contributed by atoms with Gasteiger partial charge in [0.15, 0.2) is 0 Å². The summed E-state index contributed by atoms with van der Waals surface area (Å²) < 4.78 is 12.8. The fraction of sp³-hybridized carbons (Fsp3) is 0.250. The topological polar surface area (TPSA) is 0 Å². The minimum atomic E-state index is -0.176. The van der Waals surface area contributed by atoms with E-state index in [2.05, 4.69) is 35.0 Å². The van der Waals surface area contributed by atoms with E-state index in [1.807, 2.05) is 30.3 Å². The van der Waals surface area contributed by atoms with Crippen LogP contribution in [0.3, 0.4) is 0 Å². The number of benzene rings is 2. The Balaban J connectivity index is 2.03. The number of halogens is 2. The van der Waals surface area contributed by atoms with Gasteiger partial charge in [-0.2, -0.15) is 0 Å². The lowest BCUT2D eigenvalue weighted by molar-refractivity contribution is 0.570. The molecule has 0 nitrogen and oxygen atoms in total. The van der Waals surface area contributed by atoms with Gasteiger partial charge in [0.05, 0.1) is 0 Å². The number of rotatable bonds is 4. The fourth-order valence-electron chi connectivity index (χ4n) is 2.06. The van der Waals surface area contributed by atoms with E-state index in [-0.39, 0.29) is 5.82 Å². The van der Waals surface area contributed by atoms with Crippen molar-refractivity contribution in [3.8, 4) is 0 Å². The maximum atomic E-state index is 12.8. The van der Waals surface area contributed by atoms with Crippen molar-refractivity contribution in [2.45, 2.75) is 18.2 Å². The molecule has 0 radical (unpaired) electrons. The Kier molecular flexibility index (Phi) is 4.54. The van der Waals surface area contributed by atoms with Gasteiger partial charge >= 0.3 is 0 Å². The second kappa shape index (κ2) is 6.14. The van der Waals surface area contributed by atoms with Crippen LogP contribution >= 0.6 is 15.9 Å². The monoisotopic (exact) mass is 306 g/mol. The first-order valence-corrected chi connectivity index (χ1v) is 7.02. The highest BCUT2D eigenvalue weighted by atomic mass is 79.9. The Hall–Kier alpha value is -1.15. The molecule has 2 rings (SSSR count). The summed E-state index contributed by atoms with van der Waals surface area (Å²) in [5.41, 5.74) is 2.45. The molecular weight excluding hydrogens is 291 g/mol. The molecule has 94 valence electrons. The standard InChI is InChI=1S/C16H16BrF/c1-12(11-13-7-9-15(18)10-8-13)16(17)14-5-3-2-4-6-14/h2-10,12,16H,11H2,1H3. The van der Waals surface area contributed by atoms with Gasteiger partial charge in [-0.15, -0.1) is 0 Å². The van der Waals surface area contributed by atoms with E-state index < -0.39 is 0 Å². The van der Waals surface area contributed by atoms with Crippen LogP contribution in [0.1, 0.15) is 22.9 Å². The van der Waals surface area contributed by atoms with Crippen molar-refractivity contribution in [2.75, 3.05) is 0 Å². The van der Waals surface area contributed by atoms with E-state index in [9.17, 15) is 4.39 Å². The molecule has 0 saturated carbocycles. The molecule has 2 atom stereocenters. The lowest BCUT2D eigenvalue weighted by Crippen LogP contribution is -2.07. The van der Waals surface area contributed by atoms with Crippen LogP contribution in [0, 0.1) is 11.7 Å². The molecule has 18 heavy (non-hydrogen) atoms. The van der Waals surface area contributed by atoms with Crippen molar-refractivity contribution in [1.82, 2.24) is 0 Å². The molecule has 0 aliphatic rings. The smallest absolute Gasteiger partial charge is 0.123 e. The summed E-state index contributed by atoms with van der Waals surface area (Å²) in [6.07, 6.45) is 0.936. The average molecular weight is 307 g/mol. The number of hydrogen-bond donors (Lipinski definition) is 0. The quantitative estimate of drug-likeness (QED) is 0.686. The van der Waals surface area contributed by atoms with Crippen molar-refractivity contribution in [3.05, 3.63) is 71.5 Å². The zero-order valence-electron chi connectivity index (χ0n) is 10.3. The predicted molar refractivity (Wildman–Crippen MR) is 77.4 cm³/mol. The largest absolute Gasteiger partial charge is 0.207 e. The Bertz CT molecular complexity index is 478. The third kappa shape index (κ3) is 3.42. The highest BCUT2D eigenvalue weighted by Crippen LogP contribution is 2.32. The van der Waals surface area contributed by atoms with Crippen LogP contribution in [-0.4, -0.2) is 0 Å². The van der Waals surface area contributed by atoms with E-state index in [1.54, 1.807) is 0 Å². The summed E-state index contributed by atoms with van der Waals surface area (Å²) in [6, 6.07) is 17.1. The molecule has 0 saturated heterocycles.